The molecule has 206 valence electrons. The average Bonchev–Trinajstić information content (AvgIpc) is 3.60. The lowest BCUT2D eigenvalue weighted by Gasteiger charge is -2.34. The number of fused-ring (bicyclic) bond motifs is 3. The summed E-state index contributed by atoms with van der Waals surface area (Å²) >= 11 is 6.22. The molecule has 7 rings (SSSR count). The van der Waals surface area contributed by atoms with Gasteiger partial charge in [-0.15, -0.1) is 0 Å². The second-order valence-electron chi connectivity index (χ2n) is 11.0. The van der Waals surface area contributed by atoms with Gasteiger partial charge in [-0.2, -0.15) is 0 Å². The minimum Gasteiger partial charge on any atom is -0.361 e. The van der Waals surface area contributed by atoms with Gasteiger partial charge >= 0.3 is 0 Å². The number of para-hydroxylation sites is 2. The third kappa shape index (κ3) is 5.64. The van der Waals surface area contributed by atoms with Crippen LogP contribution in [0.25, 0.3) is 21.9 Å². The third-order valence-corrected chi connectivity index (χ3v) is 8.42. The van der Waals surface area contributed by atoms with E-state index in [0.717, 1.165) is 66.4 Å². The number of aromatic nitrogens is 4. The molecule has 0 saturated carbocycles. The summed E-state index contributed by atoms with van der Waals surface area (Å²) in [6.07, 6.45) is 7.37. The summed E-state index contributed by atoms with van der Waals surface area (Å²) in [7, 11) is 0. The van der Waals surface area contributed by atoms with E-state index in [0.29, 0.717) is 0 Å². The van der Waals surface area contributed by atoms with Crippen molar-refractivity contribution in [1.82, 2.24) is 30.2 Å². The Morgan fingerprint density at radius 2 is 1.78 bits per heavy atom. The van der Waals surface area contributed by atoms with Crippen LogP contribution in [0.1, 0.15) is 52.7 Å². The molecule has 0 radical (unpaired) electrons. The van der Waals surface area contributed by atoms with Gasteiger partial charge in [0.05, 0.1) is 29.3 Å². The Hall–Kier alpha value is -3.97. The van der Waals surface area contributed by atoms with Crippen LogP contribution >= 0.6 is 11.6 Å². The number of aryl methyl sites for hydroxylation is 1. The predicted octanol–water partition coefficient (Wildman–Crippen LogP) is 7.46. The first-order valence-electron chi connectivity index (χ1n) is 14.3. The van der Waals surface area contributed by atoms with E-state index in [4.69, 9.17) is 21.6 Å². The van der Waals surface area contributed by atoms with Crippen LogP contribution in [0.3, 0.4) is 0 Å². The summed E-state index contributed by atoms with van der Waals surface area (Å²) in [5.74, 6) is 0.994. The minimum absolute atomic E-state index is 0.263. The van der Waals surface area contributed by atoms with Crippen LogP contribution in [0.2, 0.25) is 5.02 Å². The van der Waals surface area contributed by atoms with Crippen LogP contribution in [0.4, 0.5) is 0 Å². The summed E-state index contributed by atoms with van der Waals surface area (Å²) < 4.78 is 0. The van der Waals surface area contributed by atoms with E-state index in [1.165, 1.54) is 39.8 Å². The molecule has 1 atom stereocenters. The lowest BCUT2D eigenvalue weighted by atomic mass is 9.90. The SMILES string of the molecule is Clc1ccc2[nH]cc(CNCc3ccc(CN(Cc4nc5ccccc5[nH]4)C4CCCc5cccnc54)cc3)c2c1. The first-order chi connectivity index (χ1) is 20.2. The fourth-order valence-electron chi connectivity index (χ4n) is 6.12. The standard InChI is InChI=1S/C34H33ClN6/c35-27-14-15-29-28(17-27)26(20-38-29)19-36-18-23-10-12-24(13-11-23)21-41(22-33-39-30-7-1-2-8-31(30)40-33)32-9-3-5-25-6-4-16-37-34(25)32/h1-2,4,6-8,10-17,20,32,36,38H,3,5,9,18-19,21-22H2,(H,39,40). The van der Waals surface area contributed by atoms with Crippen molar-refractivity contribution in [3.63, 3.8) is 0 Å². The molecule has 6 nitrogen and oxygen atoms in total. The van der Waals surface area contributed by atoms with Crippen LogP contribution in [0.15, 0.2) is 91.3 Å². The van der Waals surface area contributed by atoms with Crippen molar-refractivity contribution in [3.8, 4) is 0 Å². The molecule has 41 heavy (non-hydrogen) atoms. The maximum Gasteiger partial charge on any atom is 0.121 e. The van der Waals surface area contributed by atoms with Crippen molar-refractivity contribution in [3.05, 3.63) is 130 Å². The molecule has 0 spiro atoms. The average molecular weight is 561 g/mol. The second-order valence-corrected chi connectivity index (χ2v) is 11.4. The number of pyridine rings is 1. The molecule has 0 amide bonds. The van der Waals surface area contributed by atoms with Crippen molar-refractivity contribution in [1.29, 1.82) is 0 Å². The number of nitrogens with one attached hydrogen (secondary N) is 3. The Morgan fingerprint density at radius 1 is 0.902 bits per heavy atom. The summed E-state index contributed by atoms with van der Waals surface area (Å²) in [6, 6.07) is 27.8. The molecule has 0 aliphatic heterocycles. The first kappa shape index (κ1) is 26.0. The Balaban J connectivity index is 1.07. The quantitative estimate of drug-likeness (QED) is 0.171. The van der Waals surface area contributed by atoms with E-state index in [1.807, 2.05) is 30.5 Å². The van der Waals surface area contributed by atoms with E-state index in [1.54, 1.807) is 0 Å². The van der Waals surface area contributed by atoms with Gasteiger partial charge in [-0.05, 0) is 77.9 Å². The van der Waals surface area contributed by atoms with Gasteiger partial charge < -0.3 is 15.3 Å². The Morgan fingerprint density at radius 3 is 2.68 bits per heavy atom. The van der Waals surface area contributed by atoms with Crippen LogP contribution < -0.4 is 5.32 Å². The lowest BCUT2D eigenvalue weighted by Crippen LogP contribution is -2.31. The van der Waals surface area contributed by atoms with Gasteiger partial charge in [0.15, 0.2) is 0 Å². The molecule has 0 bridgehead atoms. The van der Waals surface area contributed by atoms with Gasteiger partial charge in [0.25, 0.3) is 0 Å². The number of nitrogens with zero attached hydrogens (tertiary/aromatic N) is 3. The van der Waals surface area contributed by atoms with E-state index in [-0.39, 0.29) is 6.04 Å². The molecule has 1 aliphatic rings. The zero-order chi connectivity index (χ0) is 27.6. The van der Waals surface area contributed by atoms with Crippen LogP contribution in [0.5, 0.6) is 0 Å². The monoisotopic (exact) mass is 560 g/mol. The molecule has 0 fully saturated rings. The highest BCUT2D eigenvalue weighted by molar-refractivity contribution is 6.31. The highest BCUT2D eigenvalue weighted by Crippen LogP contribution is 2.35. The molecule has 1 unspecified atom stereocenters. The van der Waals surface area contributed by atoms with Crippen molar-refractivity contribution >= 4 is 33.5 Å². The summed E-state index contributed by atoms with van der Waals surface area (Å²) in [5, 5.41) is 5.52. The van der Waals surface area contributed by atoms with Crippen LogP contribution in [-0.4, -0.2) is 24.8 Å². The van der Waals surface area contributed by atoms with Crippen molar-refractivity contribution in [2.75, 3.05) is 0 Å². The van der Waals surface area contributed by atoms with Gasteiger partial charge in [0.2, 0.25) is 0 Å². The normalized spacial score (nSPS) is 15.1. The van der Waals surface area contributed by atoms with Crippen LogP contribution in [0, 0.1) is 0 Å². The number of H-pyrrole nitrogens is 2. The molecular formula is C34H33ClN6. The first-order valence-corrected chi connectivity index (χ1v) is 14.7. The topological polar surface area (TPSA) is 72.6 Å². The summed E-state index contributed by atoms with van der Waals surface area (Å²) in [4.78, 5) is 19.2. The fraction of sp³-hybridized carbons (Fsp3) is 0.235. The van der Waals surface area contributed by atoms with E-state index < -0.39 is 0 Å². The van der Waals surface area contributed by atoms with Crippen molar-refractivity contribution < 1.29 is 0 Å². The maximum absolute atomic E-state index is 6.22. The molecule has 3 aromatic carbocycles. The smallest absolute Gasteiger partial charge is 0.121 e. The fourth-order valence-corrected chi connectivity index (χ4v) is 6.30. The van der Waals surface area contributed by atoms with Gasteiger partial charge in [0, 0.05) is 48.0 Å². The number of aromatic amines is 2. The van der Waals surface area contributed by atoms with E-state index >= 15 is 0 Å². The van der Waals surface area contributed by atoms with Crippen molar-refractivity contribution in [2.45, 2.75) is 51.5 Å². The third-order valence-electron chi connectivity index (χ3n) is 8.18. The Labute approximate surface area is 244 Å². The van der Waals surface area contributed by atoms with Gasteiger partial charge in [-0.1, -0.05) is 54.1 Å². The van der Waals surface area contributed by atoms with E-state index in [2.05, 4.69) is 81.0 Å². The zero-order valence-corrected chi connectivity index (χ0v) is 23.7. The summed E-state index contributed by atoms with van der Waals surface area (Å²) in [6.45, 7) is 3.16. The Bertz CT molecular complexity index is 1750. The number of hydrogen-bond acceptors (Lipinski definition) is 4. The molecule has 6 aromatic rings. The predicted molar refractivity (Wildman–Crippen MR) is 166 cm³/mol. The molecule has 3 heterocycles. The lowest BCUT2D eigenvalue weighted by molar-refractivity contribution is 0.153. The molecule has 3 N–H and O–H groups in total. The highest BCUT2D eigenvalue weighted by Gasteiger charge is 2.28. The van der Waals surface area contributed by atoms with Gasteiger partial charge in [-0.25, -0.2) is 4.98 Å². The highest BCUT2D eigenvalue weighted by atomic mass is 35.5. The molecular weight excluding hydrogens is 528 g/mol. The second kappa shape index (κ2) is 11.5. The number of halogens is 1. The number of hydrogen-bond donors (Lipinski definition) is 3. The number of imidazole rings is 1. The largest absolute Gasteiger partial charge is 0.361 e. The minimum atomic E-state index is 0.263. The molecule has 7 heteroatoms. The van der Waals surface area contributed by atoms with Gasteiger partial charge in [0.1, 0.15) is 5.82 Å². The number of benzene rings is 3. The Kier molecular flexibility index (Phi) is 7.28. The zero-order valence-electron chi connectivity index (χ0n) is 22.9. The van der Waals surface area contributed by atoms with Crippen molar-refractivity contribution in [2.24, 2.45) is 0 Å². The van der Waals surface area contributed by atoms with Crippen LogP contribution in [-0.2, 0) is 32.6 Å². The summed E-state index contributed by atoms with van der Waals surface area (Å²) in [5.41, 5.74) is 9.57. The molecule has 3 aromatic heterocycles. The maximum atomic E-state index is 6.22. The molecule has 0 saturated heterocycles. The molecule has 1 aliphatic carbocycles. The van der Waals surface area contributed by atoms with E-state index in [9.17, 15) is 0 Å². The number of rotatable bonds is 9. The van der Waals surface area contributed by atoms with Gasteiger partial charge in [-0.3, -0.25) is 9.88 Å².